The van der Waals surface area contributed by atoms with Crippen LogP contribution in [0.1, 0.15) is 27.2 Å². The summed E-state index contributed by atoms with van der Waals surface area (Å²) in [6.45, 7) is 5.82. The molecule has 0 saturated heterocycles. The maximum atomic E-state index is 11.2. The standard InChI is InChI=1S/C10H11N3O.C2H6/c1-2-9(14)13-8-6-12-10-7(8)4-3-5-11-10;1-2/h3-6H,2H2,1H3,(H,11,12)(H,13,14);1-2H3. The quantitative estimate of drug-likeness (QED) is 0.815. The second-order valence-electron chi connectivity index (χ2n) is 3.00. The van der Waals surface area contributed by atoms with Crippen molar-refractivity contribution in [1.82, 2.24) is 9.97 Å². The fourth-order valence-corrected chi connectivity index (χ4v) is 1.30. The van der Waals surface area contributed by atoms with Crippen molar-refractivity contribution in [2.45, 2.75) is 27.2 Å². The van der Waals surface area contributed by atoms with Crippen molar-refractivity contribution in [2.75, 3.05) is 5.32 Å². The molecule has 2 rings (SSSR count). The predicted molar refractivity (Wildman–Crippen MR) is 66.4 cm³/mol. The lowest BCUT2D eigenvalue weighted by molar-refractivity contribution is -0.115. The Kier molecular flexibility index (Phi) is 4.51. The number of carbonyl (C=O) groups is 1. The van der Waals surface area contributed by atoms with Gasteiger partial charge in [-0.1, -0.05) is 20.8 Å². The number of nitrogens with one attached hydrogen (secondary N) is 2. The number of aromatic amines is 1. The average Bonchev–Trinajstić information content (AvgIpc) is 2.75. The second-order valence-corrected chi connectivity index (χ2v) is 3.00. The van der Waals surface area contributed by atoms with Crippen molar-refractivity contribution < 1.29 is 4.79 Å². The minimum atomic E-state index is 0.00903. The van der Waals surface area contributed by atoms with Gasteiger partial charge in [-0.25, -0.2) is 4.98 Å². The van der Waals surface area contributed by atoms with Crippen molar-refractivity contribution in [2.24, 2.45) is 0 Å². The zero-order chi connectivity index (χ0) is 12.0. The number of fused-ring (bicyclic) bond motifs is 1. The van der Waals surface area contributed by atoms with E-state index in [1.54, 1.807) is 12.4 Å². The fourth-order valence-electron chi connectivity index (χ4n) is 1.30. The molecule has 2 heterocycles. The zero-order valence-electron chi connectivity index (χ0n) is 9.87. The van der Waals surface area contributed by atoms with Crippen molar-refractivity contribution in [3.63, 3.8) is 0 Å². The van der Waals surface area contributed by atoms with Crippen LogP contribution in [0, 0.1) is 0 Å². The number of hydrogen-bond acceptors (Lipinski definition) is 2. The minimum Gasteiger partial charge on any atom is -0.344 e. The van der Waals surface area contributed by atoms with Gasteiger partial charge in [0.15, 0.2) is 0 Å². The lowest BCUT2D eigenvalue weighted by atomic mass is 10.3. The van der Waals surface area contributed by atoms with E-state index in [1.165, 1.54) is 0 Å². The van der Waals surface area contributed by atoms with Gasteiger partial charge < -0.3 is 10.3 Å². The maximum absolute atomic E-state index is 11.2. The van der Waals surface area contributed by atoms with Crippen molar-refractivity contribution in [1.29, 1.82) is 0 Å². The molecule has 0 aliphatic heterocycles. The molecule has 2 aromatic heterocycles. The Bertz CT molecular complexity index is 462. The number of amides is 1. The highest BCUT2D eigenvalue weighted by Gasteiger charge is 2.05. The topological polar surface area (TPSA) is 57.8 Å². The molecule has 0 aromatic carbocycles. The molecule has 0 atom stereocenters. The second kappa shape index (κ2) is 5.90. The number of anilines is 1. The van der Waals surface area contributed by atoms with Crippen LogP contribution in [-0.4, -0.2) is 15.9 Å². The molecule has 0 aliphatic rings. The first kappa shape index (κ1) is 12.2. The van der Waals surface area contributed by atoms with Crippen LogP contribution < -0.4 is 5.32 Å². The third-order valence-electron chi connectivity index (χ3n) is 2.05. The minimum absolute atomic E-state index is 0.00903. The number of nitrogens with zero attached hydrogens (tertiary/aromatic N) is 1. The Hall–Kier alpha value is -1.84. The molecule has 2 N–H and O–H groups in total. The molecular weight excluding hydrogens is 202 g/mol. The molecule has 0 bridgehead atoms. The first-order valence-electron chi connectivity index (χ1n) is 5.53. The Morgan fingerprint density at radius 2 is 2.25 bits per heavy atom. The largest absolute Gasteiger partial charge is 0.344 e. The molecule has 1 amide bonds. The van der Waals surface area contributed by atoms with Gasteiger partial charge in [-0.2, -0.15) is 0 Å². The molecule has 0 aliphatic carbocycles. The van der Waals surface area contributed by atoms with E-state index in [2.05, 4.69) is 15.3 Å². The third-order valence-corrected chi connectivity index (χ3v) is 2.05. The lowest BCUT2D eigenvalue weighted by Gasteiger charge is -1.99. The number of pyridine rings is 1. The lowest BCUT2D eigenvalue weighted by Crippen LogP contribution is -2.08. The van der Waals surface area contributed by atoms with Crippen molar-refractivity contribution >= 4 is 22.6 Å². The number of H-pyrrole nitrogens is 1. The van der Waals surface area contributed by atoms with Gasteiger partial charge in [0.2, 0.25) is 5.91 Å². The highest BCUT2D eigenvalue weighted by atomic mass is 16.1. The monoisotopic (exact) mass is 219 g/mol. The Balaban J connectivity index is 0.000000606. The van der Waals surface area contributed by atoms with Gasteiger partial charge in [0.25, 0.3) is 0 Å². The molecule has 0 radical (unpaired) electrons. The van der Waals surface area contributed by atoms with Gasteiger partial charge >= 0.3 is 0 Å². The molecule has 0 fully saturated rings. The summed E-state index contributed by atoms with van der Waals surface area (Å²) in [5.74, 6) is 0.00903. The molecule has 4 nitrogen and oxygen atoms in total. The van der Waals surface area contributed by atoms with Gasteiger partial charge in [0.1, 0.15) is 5.65 Å². The van der Waals surface area contributed by atoms with Crippen LogP contribution in [0.5, 0.6) is 0 Å². The van der Waals surface area contributed by atoms with Gasteiger partial charge in [-0.15, -0.1) is 0 Å². The van der Waals surface area contributed by atoms with E-state index in [4.69, 9.17) is 0 Å². The summed E-state index contributed by atoms with van der Waals surface area (Å²) in [7, 11) is 0. The number of aromatic nitrogens is 2. The number of hydrogen-bond donors (Lipinski definition) is 2. The highest BCUT2D eigenvalue weighted by Crippen LogP contribution is 2.20. The number of carbonyl (C=O) groups excluding carboxylic acids is 1. The fraction of sp³-hybridized carbons (Fsp3) is 0.333. The van der Waals surface area contributed by atoms with Crippen molar-refractivity contribution in [3.05, 3.63) is 24.5 Å². The summed E-state index contributed by atoms with van der Waals surface area (Å²) in [4.78, 5) is 18.3. The predicted octanol–water partition coefficient (Wildman–Crippen LogP) is 2.94. The van der Waals surface area contributed by atoms with Gasteiger partial charge in [0, 0.05) is 24.2 Å². The molecule has 0 saturated carbocycles. The zero-order valence-corrected chi connectivity index (χ0v) is 9.87. The summed E-state index contributed by atoms with van der Waals surface area (Å²) in [6.07, 6.45) is 3.95. The van der Waals surface area contributed by atoms with Gasteiger partial charge in [-0.3, -0.25) is 4.79 Å². The third kappa shape index (κ3) is 2.59. The molecule has 16 heavy (non-hydrogen) atoms. The SMILES string of the molecule is CC.CCC(=O)Nc1c[nH]c2ncccc12. The van der Waals surface area contributed by atoms with Crippen molar-refractivity contribution in [3.8, 4) is 0 Å². The summed E-state index contributed by atoms with van der Waals surface area (Å²) in [6, 6.07) is 3.77. The first-order valence-corrected chi connectivity index (χ1v) is 5.53. The highest BCUT2D eigenvalue weighted by molar-refractivity contribution is 6.00. The molecule has 0 unspecified atom stereocenters. The van der Waals surface area contributed by atoms with Crippen LogP contribution >= 0.6 is 0 Å². The van der Waals surface area contributed by atoms with Crippen LogP contribution in [-0.2, 0) is 4.79 Å². The van der Waals surface area contributed by atoms with Crippen LogP contribution in [0.4, 0.5) is 5.69 Å². The summed E-state index contributed by atoms with van der Waals surface area (Å²) in [5, 5.41) is 3.74. The summed E-state index contributed by atoms with van der Waals surface area (Å²) in [5.41, 5.74) is 1.58. The Morgan fingerprint density at radius 1 is 1.50 bits per heavy atom. The van der Waals surface area contributed by atoms with E-state index < -0.39 is 0 Å². The first-order chi connectivity index (χ1) is 7.81. The summed E-state index contributed by atoms with van der Waals surface area (Å²) >= 11 is 0. The van der Waals surface area contributed by atoms with E-state index >= 15 is 0 Å². The number of rotatable bonds is 2. The van der Waals surface area contributed by atoms with E-state index in [1.807, 2.05) is 32.9 Å². The molecule has 2 aromatic rings. The van der Waals surface area contributed by atoms with Gasteiger partial charge in [-0.05, 0) is 12.1 Å². The van der Waals surface area contributed by atoms with E-state index in [9.17, 15) is 4.79 Å². The van der Waals surface area contributed by atoms with E-state index in [0.29, 0.717) is 6.42 Å². The van der Waals surface area contributed by atoms with Crippen LogP contribution in [0.2, 0.25) is 0 Å². The van der Waals surface area contributed by atoms with Crippen LogP contribution in [0.25, 0.3) is 11.0 Å². The van der Waals surface area contributed by atoms with E-state index in [0.717, 1.165) is 16.7 Å². The molecule has 86 valence electrons. The normalized spacial score (nSPS) is 9.44. The Morgan fingerprint density at radius 3 is 2.94 bits per heavy atom. The molecule has 4 heteroatoms. The molecular formula is C12H17N3O. The average molecular weight is 219 g/mol. The van der Waals surface area contributed by atoms with Crippen LogP contribution in [0.15, 0.2) is 24.5 Å². The Labute approximate surface area is 95.1 Å². The maximum Gasteiger partial charge on any atom is 0.224 e. The van der Waals surface area contributed by atoms with Crippen LogP contribution in [0.3, 0.4) is 0 Å². The molecule has 0 spiro atoms. The summed E-state index contributed by atoms with van der Waals surface area (Å²) < 4.78 is 0. The van der Waals surface area contributed by atoms with Gasteiger partial charge in [0.05, 0.1) is 5.69 Å². The smallest absolute Gasteiger partial charge is 0.224 e. The van der Waals surface area contributed by atoms with E-state index in [-0.39, 0.29) is 5.91 Å².